The Morgan fingerprint density at radius 3 is 2.86 bits per heavy atom. The molecule has 0 spiro atoms. The summed E-state index contributed by atoms with van der Waals surface area (Å²) in [5.74, 6) is 1.07. The molecule has 1 aliphatic carbocycles. The van der Waals surface area contributed by atoms with Crippen molar-refractivity contribution in [3.05, 3.63) is 0 Å². The summed E-state index contributed by atoms with van der Waals surface area (Å²) in [5, 5.41) is 14.3. The number of nitrogens with one attached hydrogen (secondary N) is 1. The lowest BCUT2D eigenvalue weighted by Gasteiger charge is -2.52. The maximum atomic E-state index is 10.9. The molecule has 0 radical (unpaired) electrons. The number of rotatable bonds is 1. The van der Waals surface area contributed by atoms with E-state index >= 15 is 0 Å². The van der Waals surface area contributed by atoms with E-state index < -0.39 is 5.60 Å². The van der Waals surface area contributed by atoms with Crippen LogP contribution in [-0.2, 0) is 0 Å². The van der Waals surface area contributed by atoms with E-state index in [2.05, 4.69) is 19.2 Å². The van der Waals surface area contributed by atoms with E-state index in [4.69, 9.17) is 0 Å². The van der Waals surface area contributed by atoms with Crippen LogP contribution >= 0.6 is 0 Å². The summed E-state index contributed by atoms with van der Waals surface area (Å²) in [6.45, 7) is 5.46. The molecular weight excluding hydrogens is 174 g/mol. The summed E-state index contributed by atoms with van der Waals surface area (Å²) >= 11 is 0. The largest absolute Gasteiger partial charge is 0.388 e. The van der Waals surface area contributed by atoms with Crippen molar-refractivity contribution in [2.45, 2.75) is 57.6 Å². The zero-order chi connectivity index (χ0) is 10.2. The molecule has 2 fully saturated rings. The average Bonchev–Trinajstić information content (AvgIpc) is 2.19. The molecule has 2 N–H and O–H groups in total. The van der Waals surface area contributed by atoms with Crippen LogP contribution < -0.4 is 5.32 Å². The number of fused-ring (bicyclic) bond motifs is 1. The second kappa shape index (κ2) is 3.82. The quantitative estimate of drug-likeness (QED) is 0.673. The Kier molecular flexibility index (Phi) is 2.85. The third-order valence-corrected chi connectivity index (χ3v) is 4.54. The lowest BCUT2D eigenvalue weighted by Crippen LogP contribution is -2.63. The standard InChI is InChI=1S/C12H23NO/c1-3-10-5-4-6-11-7-8-13-9(2)12(10,11)14/h9-11,13-14H,3-8H2,1-2H3. The molecule has 1 saturated carbocycles. The highest BCUT2D eigenvalue weighted by Gasteiger charge is 2.50. The SMILES string of the molecule is CCC1CCCC2CCNC(C)C12O. The first-order valence-corrected chi connectivity index (χ1v) is 6.15. The summed E-state index contributed by atoms with van der Waals surface area (Å²) in [7, 11) is 0. The smallest absolute Gasteiger partial charge is 0.0853 e. The minimum atomic E-state index is -0.411. The third kappa shape index (κ3) is 1.40. The van der Waals surface area contributed by atoms with Gasteiger partial charge < -0.3 is 10.4 Å². The van der Waals surface area contributed by atoms with Gasteiger partial charge in [0.25, 0.3) is 0 Å². The van der Waals surface area contributed by atoms with E-state index in [0.29, 0.717) is 11.8 Å². The summed E-state index contributed by atoms with van der Waals surface area (Å²) in [5.41, 5.74) is -0.411. The molecule has 14 heavy (non-hydrogen) atoms. The van der Waals surface area contributed by atoms with Crippen LogP contribution in [0.15, 0.2) is 0 Å². The molecule has 1 saturated heterocycles. The van der Waals surface area contributed by atoms with Crippen LogP contribution in [0.1, 0.15) is 46.0 Å². The molecule has 4 unspecified atom stereocenters. The zero-order valence-electron chi connectivity index (χ0n) is 9.42. The van der Waals surface area contributed by atoms with Crippen LogP contribution in [-0.4, -0.2) is 23.3 Å². The summed E-state index contributed by atoms with van der Waals surface area (Å²) in [6, 6.07) is 0.284. The van der Waals surface area contributed by atoms with Gasteiger partial charge in [-0.3, -0.25) is 0 Å². The first-order chi connectivity index (χ1) is 6.69. The molecule has 1 aliphatic heterocycles. The fourth-order valence-electron chi connectivity index (χ4n) is 3.66. The van der Waals surface area contributed by atoms with Crippen molar-refractivity contribution in [1.29, 1.82) is 0 Å². The van der Waals surface area contributed by atoms with Gasteiger partial charge in [0.05, 0.1) is 5.60 Å². The minimum absolute atomic E-state index is 0.284. The van der Waals surface area contributed by atoms with E-state index in [1.165, 1.54) is 19.3 Å². The Bertz CT molecular complexity index is 196. The van der Waals surface area contributed by atoms with Crippen LogP contribution in [0.5, 0.6) is 0 Å². The maximum Gasteiger partial charge on any atom is 0.0853 e. The summed E-state index contributed by atoms with van der Waals surface area (Å²) in [4.78, 5) is 0. The van der Waals surface area contributed by atoms with Crippen LogP contribution in [0.4, 0.5) is 0 Å². The number of hydrogen-bond acceptors (Lipinski definition) is 2. The van der Waals surface area contributed by atoms with Crippen molar-refractivity contribution < 1.29 is 5.11 Å². The average molecular weight is 197 g/mol. The predicted molar refractivity (Wildman–Crippen MR) is 58.2 cm³/mol. The molecule has 2 heteroatoms. The van der Waals surface area contributed by atoms with Crippen LogP contribution in [0.25, 0.3) is 0 Å². The second-order valence-corrected chi connectivity index (χ2v) is 5.08. The second-order valence-electron chi connectivity index (χ2n) is 5.08. The number of piperidine rings is 1. The summed E-state index contributed by atoms with van der Waals surface area (Å²) < 4.78 is 0. The van der Waals surface area contributed by atoms with Crippen LogP contribution in [0, 0.1) is 11.8 Å². The first kappa shape index (κ1) is 10.4. The van der Waals surface area contributed by atoms with Gasteiger partial charge in [0.15, 0.2) is 0 Å². The lowest BCUT2D eigenvalue weighted by atomic mass is 9.62. The Hall–Kier alpha value is -0.0800. The lowest BCUT2D eigenvalue weighted by molar-refractivity contribution is -0.133. The van der Waals surface area contributed by atoms with Crippen molar-refractivity contribution in [1.82, 2.24) is 5.32 Å². The van der Waals surface area contributed by atoms with Gasteiger partial charge in [-0.1, -0.05) is 19.8 Å². The van der Waals surface area contributed by atoms with Gasteiger partial charge in [-0.2, -0.15) is 0 Å². The molecule has 2 aliphatic rings. The van der Waals surface area contributed by atoms with E-state index in [0.717, 1.165) is 19.4 Å². The fourth-order valence-corrected chi connectivity index (χ4v) is 3.66. The first-order valence-electron chi connectivity index (χ1n) is 6.15. The van der Waals surface area contributed by atoms with Gasteiger partial charge in [-0.05, 0) is 44.6 Å². The topological polar surface area (TPSA) is 32.3 Å². The van der Waals surface area contributed by atoms with Crippen molar-refractivity contribution in [3.8, 4) is 0 Å². The zero-order valence-corrected chi connectivity index (χ0v) is 9.42. The monoisotopic (exact) mass is 197 g/mol. The number of hydrogen-bond donors (Lipinski definition) is 2. The predicted octanol–water partition coefficient (Wildman–Crippen LogP) is 1.93. The van der Waals surface area contributed by atoms with E-state index in [9.17, 15) is 5.11 Å². The minimum Gasteiger partial charge on any atom is -0.388 e. The van der Waals surface area contributed by atoms with Gasteiger partial charge in [0.2, 0.25) is 0 Å². The van der Waals surface area contributed by atoms with Gasteiger partial charge in [-0.25, -0.2) is 0 Å². The van der Waals surface area contributed by atoms with Crippen LogP contribution in [0.2, 0.25) is 0 Å². The summed E-state index contributed by atoms with van der Waals surface area (Å²) in [6.07, 6.45) is 6.06. The van der Waals surface area contributed by atoms with Gasteiger partial charge in [-0.15, -0.1) is 0 Å². The van der Waals surface area contributed by atoms with Gasteiger partial charge >= 0.3 is 0 Å². The van der Waals surface area contributed by atoms with Gasteiger partial charge in [0, 0.05) is 6.04 Å². The van der Waals surface area contributed by atoms with Crippen LogP contribution in [0.3, 0.4) is 0 Å². The Balaban J connectivity index is 2.22. The van der Waals surface area contributed by atoms with E-state index in [1.54, 1.807) is 0 Å². The Morgan fingerprint density at radius 1 is 1.36 bits per heavy atom. The number of aliphatic hydroxyl groups is 1. The molecule has 0 aromatic rings. The normalized spacial score (nSPS) is 48.6. The Labute approximate surface area is 87.1 Å². The highest BCUT2D eigenvalue weighted by atomic mass is 16.3. The van der Waals surface area contributed by atoms with Crippen molar-refractivity contribution >= 4 is 0 Å². The molecule has 0 bridgehead atoms. The molecular formula is C12H23NO. The van der Waals surface area contributed by atoms with Crippen molar-refractivity contribution in [3.63, 3.8) is 0 Å². The highest BCUT2D eigenvalue weighted by Crippen LogP contribution is 2.45. The molecule has 82 valence electrons. The molecule has 0 aromatic heterocycles. The fraction of sp³-hybridized carbons (Fsp3) is 1.00. The highest BCUT2D eigenvalue weighted by molar-refractivity contribution is 5.04. The molecule has 0 aromatic carbocycles. The molecule has 4 atom stereocenters. The maximum absolute atomic E-state index is 10.9. The molecule has 0 amide bonds. The molecule has 1 heterocycles. The van der Waals surface area contributed by atoms with Crippen molar-refractivity contribution in [2.75, 3.05) is 6.54 Å². The molecule has 2 rings (SSSR count). The third-order valence-electron chi connectivity index (χ3n) is 4.54. The van der Waals surface area contributed by atoms with E-state index in [-0.39, 0.29) is 6.04 Å². The Morgan fingerprint density at radius 2 is 2.14 bits per heavy atom. The van der Waals surface area contributed by atoms with E-state index in [1.807, 2.05) is 0 Å². The van der Waals surface area contributed by atoms with Gasteiger partial charge in [0.1, 0.15) is 0 Å². The van der Waals surface area contributed by atoms with Crippen molar-refractivity contribution in [2.24, 2.45) is 11.8 Å². The molecule has 2 nitrogen and oxygen atoms in total.